The fourth-order valence-corrected chi connectivity index (χ4v) is 2.20. The second-order valence-corrected chi connectivity index (χ2v) is 5.22. The number of ether oxygens (including phenoxy) is 2. The molecule has 1 aromatic rings. The summed E-state index contributed by atoms with van der Waals surface area (Å²) in [5.41, 5.74) is 0.534. The van der Waals surface area contributed by atoms with Gasteiger partial charge in [0.2, 0.25) is 0 Å². The van der Waals surface area contributed by atoms with Crippen LogP contribution in [0.4, 0.5) is 0 Å². The van der Waals surface area contributed by atoms with E-state index in [2.05, 4.69) is 5.32 Å². The van der Waals surface area contributed by atoms with Gasteiger partial charge in [-0.1, -0.05) is 18.2 Å². The molecule has 0 fully saturated rings. The number of hydrogen-bond donors (Lipinski definition) is 1. The maximum Gasteiger partial charge on any atom is 0.310 e. The maximum absolute atomic E-state index is 12.1. The highest BCUT2D eigenvalue weighted by molar-refractivity contribution is 5.94. The zero-order valence-corrected chi connectivity index (χ0v) is 14.2. The number of benzene rings is 1. The van der Waals surface area contributed by atoms with Gasteiger partial charge in [-0.3, -0.25) is 14.4 Å². The molecule has 0 saturated heterocycles. The van der Waals surface area contributed by atoms with Crippen molar-refractivity contribution in [3.8, 4) is 0 Å². The quantitative estimate of drug-likeness (QED) is 0.664. The molecule has 0 aliphatic carbocycles. The molecule has 24 heavy (non-hydrogen) atoms. The average Bonchev–Trinajstić information content (AvgIpc) is 2.58. The van der Waals surface area contributed by atoms with Crippen molar-refractivity contribution in [3.63, 3.8) is 0 Å². The van der Waals surface area contributed by atoms with E-state index in [1.54, 1.807) is 38.1 Å². The fraction of sp³-hybridized carbons (Fsp3) is 0.500. The van der Waals surface area contributed by atoms with Crippen LogP contribution in [0.25, 0.3) is 0 Å². The average molecular weight is 335 g/mol. The van der Waals surface area contributed by atoms with Crippen molar-refractivity contribution >= 4 is 17.8 Å². The Kier molecular flexibility index (Phi) is 9.19. The summed E-state index contributed by atoms with van der Waals surface area (Å²) in [6.07, 6.45) is 1.20. The number of hydrogen-bond acceptors (Lipinski definition) is 5. The standard InChI is InChI=1S/C18H25NO5/c1-3-23-16(20)12-8-11-15(18(22)24-4-2)13-19-17(21)14-9-6-5-7-10-14/h5-7,9-10,15H,3-4,8,11-13H2,1-2H3,(H,19,21). The van der Waals surface area contributed by atoms with E-state index in [4.69, 9.17) is 9.47 Å². The highest BCUT2D eigenvalue weighted by Gasteiger charge is 2.21. The fourth-order valence-electron chi connectivity index (χ4n) is 2.20. The van der Waals surface area contributed by atoms with Gasteiger partial charge in [0.1, 0.15) is 0 Å². The zero-order valence-electron chi connectivity index (χ0n) is 14.2. The first kappa shape index (κ1) is 19.7. The lowest BCUT2D eigenvalue weighted by Gasteiger charge is -2.16. The van der Waals surface area contributed by atoms with Gasteiger partial charge >= 0.3 is 11.9 Å². The minimum Gasteiger partial charge on any atom is -0.466 e. The Morgan fingerprint density at radius 1 is 1.04 bits per heavy atom. The Labute approximate surface area is 142 Å². The molecule has 1 amide bonds. The van der Waals surface area contributed by atoms with E-state index in [9.17, 15) is 14.4 Å². The van der Waals surface area contributed by atoms with Crippen LogP contribution in [0.3, 0.4) is 0 Å². The molecule has 1 N–H and O–H groups in total. The number of carbonyl (C=O) groups is 3. The molecule has 0 saturated carbocycles. The molecule has 0 bridgehead atoms. The van der Waals surface area contributed by atoms with Gasteiger partial charge in [0.25, 0.3) is 5.91 Å². The lowest BCUT2D eigenvalue weighted by atomic mass is 10.0. The first-order valence-electron chi connectivity index (χ1n) is 8.24. The maximum atomic E-state index is 12.1. The van der Waals surface area contributed by atoms with Crippen molar-refractivity contribution in [2.45, 2.75) is 33.1 Å². The van der Waals surface area contributed by atoms with Crippen LogP contribution in [0.15, 0.2) is 30.3 Å². The monoisotopic (exact) mass is 335 g/mol. The smallest absolute Gasteiger partial charge is 0.310 e. The third-order valence-corrected chi connectivity index (χ3v) is 3.40. The molecule has 6 heteroatoms. The Hall–Kier alpha value is -2.37. The van der Waals surface area contributed by atoms with Gasteiger partial charge in [0.15, 0.2) is 0 Å². The molecule has 1 atom stereocenters. The van der Waals surface area contributed by atoms with Crippen molar-refractivity contribution in [2.24, 2.45) is 5.92 Å². The zero-order chi connectivity index (χ0) is 17.8. The summed E-state index contributed by atoms with van der Waals surface area (Å²) in [6, 6.07) is 8.78. The molecule has 1 aromatic carbocycles. The highest BCUT2D eigenvalue weighted by Crippen LogP contribution is 2.11. The Bertz CT molecular complexity index is 529. The largest absolute Gasteiger partial charge is 0.466 e. The third kappa shape index (κ3) is 7.26. The van der Waals surface area contributed by atoms with Gasteiger partial charge in [-0.25, -0.2) is 0 Å². The Balaban J connectivity index is 2.51. The number of rotatable bonds is 10. The summed E-state index contributed by atoms with van der Waals surface area (Å²) >= 11 is 0. The molecular formula is C18H25NO5. The number of nitrogens with one attached hydrogen (secondary N) is 1. The first-order chi connectivity index (χ1) is 11.6. The minimum absolute atomic E-state index is 0.176. The first-order valence-corrected chi connectivity index (χ1v) is 8.24. The Morgan fingerprint density at radius 2 is 1.71 bits per heavy atom. The lowest BCUT2D eigenvalue weighted by Crippen LogP contribution is -2.34. The molecule has 0 aromatic heterocycles. The predicted molar refractivity (Wildman–Crippen MR) is 89.4 cm³/mol. The molecule has 0 aliphatic rings. The third-order valence-electron chi connectivity index (χ3n) is 3.40. The SMILES string of the molecule is CCOC(=O)CCCC(CNC(=O)c1ccccc1)C(=O)OCC. The molecule has 1 rings (SSSR count). The van der Waals surface area contributed by atoms with Crippen LogP contribution in [0, 0.1) is 5.92 Å². The number of amides is 1. The van der Waals surface area contributed by atoms with E-state index in [0.717, 1.165) is 0 Å². The van der Waals surface area contributed by atoms with E-state index < -0.39 is 5.92 Å². The van der Waals surface area contributed by atoms with Gasteiger partial charge in [0.05, 0.1) is 19.1 Å². The molecule has 0 radical (unpaired) electrons. The van der Waals surface area contributed by atoms with E-state index >= 15 is 0 Å². The molecular weight excluding hydrogens is 310 g/mol. The second-order valence-electron chi connectivity index (χ2n) is 5.22. The predicted octanol–water partition coefficient (Wildman–Crippen LogP) is 2.33. The van der Waals surface area contributed by atoms with Crippen LogP contribution in [0.2, 0.25) is 0 Å². The minimum atomic E-state index is -0.480. The van der Waals surface area contributed by atoms with E-state index in [1.807, 2.05) is 6.07 Å². The number of esters is 2. The molecule has 0 aliphatic heterocycles. The van der Waals surface area contributed by atoms with Crippen LogP contribution in [-0.4, -0.2) is 37.6 Å². The van der Waals surface area contributed by atoms with Crippen molar-refractivity contribution < 1.29 is 23.9 Å². The molecule has 132 valence electrons. The highest BCUT2D eigenvalue weighted by atomic mass is 16.5. The van der Waals surface area contributed by atoms with Gasteiger partial charge in [-0.2, -0.15) is 0 Å². The summed E-state index contributed by atoms with van der Waals surface area (Å²) in [5, 5.41) is 2.75. The molecule has 0 spiro atoms. The molecule has 0 heterocycles. The summed E-state index contributed by atoms with van der Waals surface area (Å²) < 4.78 is 9.90. The topological polar surface area (TPSA) is 81.7 Å². The Morgan fingerprint density at radius 3 is 2.33 bits per heavy atom. The van der Waals surface area contributed by atoms with E-state index in [-0.39, 0.29) is 37.4 Å². The summed E-state index contributed by atoms with van der Waals surface area (Å²) in [7, 11) is 0. The van der Waals surface area contributed by atoms with Gasteiger partial charge in [-0.05, 0) is 38.8 Å². The van der Waals surface area contributed by atoms with Crippen molar-refractivity contribution in [3.05, 3.63) is 35.9 Å². The normalized spacial score (nSPS) is 11.4. The van der Waals surface area contributed by atoms with Crippen LogP contribution < -0.4 is 5.32 Å². The van der Waals surface area contributed by atoms with Crippen molar-refractivity contribution in [2.75, 3.05) is 19.8 Å². The number of carbonyl (C=O) groups excluding carboxylic acids is 3. The van der Waals surface area contributed by atoms with Crippen LogP contribution in [0.5, 0.6) is 0 Å². The van der Waals surface area contributed by atoms with E-state index in [1.165, 1.54) is 0 Å². The summed E-state index contributed by atoms with van der Waals surface area (Å²) in [5.74, 6) is -1.37. The summed E-state index contributed by atoms with van der Waals surface area (Å²) in [6.45, 7) is 4.27. The molecule has 1 unspecified atom stereocenters. The van der Waals surface area contributed by atoms with Gasteiger partial charge < -0.3 is 14.8 Å². The van der Waals surface area contributed by atoms with Crippen LogP contribution in [-0.2, 0) is 19.1 Å². The van der Waals surface area contributed by atoms with Crippen LogP contribution >= 0.6 is 0 Å². The molecule has 6 nitrogen and oxygen atoms in total. The van der Waals surface area contributed by atoms with Crippen molar-refractivity contribution in [1.82, 2.24) is 5.32 Å². The van der Waals surface area contributed by atoms with Crippen LogP contribution in [0.1, 0.15) is 43.5 Å². The second kappa shape index (κ2) is 11.2. The lowest BCUT2D eigenvalue weighted by molar-refractivity contribution is -0.149. The van der Waals surface area contributed by atoms with Gasteiger partial charge in [0, 0.05) is 18.5 Å². The van der Waals surface area contributed by atoms with E-state index in [0.29, 0.717) is 25.0 Å². The van der Waals surface area contributed by atoms with Gasteiger partial charge in [-0.15, -0.1) is 0 Å². The van der Waals surface area contributed by atoms with Crippen molar-refractivity contribution in [1.29, 1.82) is 0 Å². The summed E-state index contributed by atoms with van der Waals surface area (Å²) in [4.78, 5) is 35.4.